The van der Waals surface area contributed by atoms with E-state index in [1.807, 2.05) is 30.3 Å². The smallest absolute Gasteiger partial charge is 0.226 e. The number of benzene rings is 1. The minimum atomic E-state index is -0.349. The fourth-order valence-corrected chi connectivity index (χ4v) is 1.06. The summed E-state index contributed by atoms with van der Waals surface area (Å²) in [5, 5.41) is -0.349. The minimum Gasteiger partial charge on any atom is -0.376 e. The number of halogens is 1. The number of rotatable bonds is 5. The van der Waals surface area contributed by atoms with Gasteiger partial charge in [0.2, 0.25) is 5.24 Å². The third-order valence-corrected chi connectivity index (χ3v) is 2.24. The molecule has 0 aliphatic carbocycles. The molecule has 0 amide bonds. The molecule has 0 saturated carbocycles. The molecule has 3 heteroatoms. The van der Waals surface area contributed by atoms with Crippen LogP contribution in [0.5, 0.6) is 0 Å². The standard InChI is InChI=1S/C11H13ClO2/c1-9(11(12)13)7-14-8-10-5-3-2-4-6-10/h2-6,9H,7-8H2,1H3/t9-/m1/s1. The number of carbonyl (C=O) groups is 1. The van der Waals surface area contributed by atoms with Crippen LogP contribution in [0.4, 0.5) is 0 Å². The van der Waals surface area contributed by atoms with Crippen molar-refractivity contribution in [3.05, 3.63) is 35.9 Å². The highest BCUT2D eigenvalue weighted by Crippen LogP contribution is 2.05. The Balaban J connectivity index is 2.26. The van der Waals surface area contributed by atoms with Gasteiger partial charge in [0.15, 0.2) is 0 Å². The summed E-state index contributed by atoms with van der Waals surface area (Å²) in [5.41, 5.74) is 1.10. The number of hydrogen-bond acceptors (Lipinski definition) is 2. The van der Waals surface area contributed by atoms with Crippen molar-refractivity contribution >= 4 is 16.8 Å². The van der Waals surface area contributed by atoms with Crippen LogP contribution < -0.4 is 0 Å². The van der Waals surface area contributed by atoms with Crippen LogP contribution in [0, 0.1) is 5.92 Å². The molecule has 0 aliphatic heterocycles. The van der Waals surface area contributed by atoms with Crippen LogP contribution >= 0.6 is 11.6 Å². The lowest BCUT2D eigenvalue weighted by atomic mass is 10.2. The molecule has 0 saturated heterocycles. The Morgan fingerprint density at radius 3 is 2.64 bits per heavy atom. The Morgan fingerprint density at radius 2 is 2.07 bits per heavy atom. The zero-order valence-corrected chi connectivity index (χ0v) is 8.83. The molecule has 0 heterocycles. The fraction of sp³-hybridized carbons (Fsp3) is 0.364. The zero-order chi connectivity index (χ0) is 10.4. The first-order chi connectivity index (χ1) is 6.70. The van der Waals surface area contributed by atoms with E-state index in [9.17, 15) is 4.79 Å². The fourth-order valence-electron chi connectivity index (χ4n) is 0.993. The van der Waals surface area contributed by atoms with E-state index in [1.54, 1.807) is 6.92 Å². The van der Waals surface area contributed by atoms with Gasteiger partial charge in [-0.3, -0.25) is 4.79 Å². The maximum absolute atomic E-state index is 10.7. The first kappa shape index (κ1) is 11.2. The number of carbonyl (C=O) groups excluding carboxylic acids is 1. The van der Waals surface area contributed by atoms with Gasteiger partial charge in [-0.15, -0.1) is 0 Å². The highest BCUT2D eigenvalue weighted by Gasteiger charge is 2.09. The summed E-state index contributed by atoms with van der Waals surface area (Å²) in [6.45, 7) is 2.65. The topological polar surface area (TPSA) is 26.3 Å². The summed E-state index contributed by atoms with van der Waals surface area (Å²) < 4.78 is 5.34. The van der Waals surface area contributed by atoms with E-state index in [4.69, 9.17) is 16.3 Å². The molecule has 0 unspecified atom stereocenters. The molecule has 2 nitrogen and oxygen atoms in total. The third-order valence-electron chi connectivity index (χ3n) is 1.87. The summed E-state index contributed by atoms with van der Waals surface area (Å²) in [5.74, 6) is -0.236. The average molecular weight is 213 g/mol. The maximum atomic E-state index is 10.7. The largest absolute Gasteiger partial charge is 0.376 e. The summed E-state index contributed by atoms with van der Waals surface area (Å²) in [7, 11) is 0. The molecule has 0 N–H and O–H groups in total. The molecule has 14 heavy (non-hydrogen) atoms. The van der Waals surface area contributed by atoms with Crippen LogP contribution in [0.1, 0.15) is 12.5 Å². The van der Waals surface area contributed by atoms with Crippen molar-refractivity contribution in [1.29, 1.82) is 0 Å². The van der Waals surface area contributed by atoms with Crippen LogP contribution in [-0.4, -0.2) is 11.8 Å². The molecule has 0 bridgehead atoms. The van der Waals surface area contributed by atoms with Gasteiger partial charge in [-0.1, -0.05) is 37.3 Å². The van der Waals surface area contributed by atoms with Gasteiger partial charge in [-0.05, 0) is 17.2 Å². The van der Waals surface area contributed by atoms with Crippen LogP contribution in [0.25, 0.3) is 0 Å². The molecule has 1 atom stereocenters. The molecular formula is C11H13ClO2. The van der Waals surface area contributed by atoms with Gasteiger partial charge in [0.1, 0.15) is 0 Å². The van der Waals surface area contributed by atoms with Gasteiger partial charge in [0.25, 0.3) is 0 Å². The van der Waals surface area contributed by atoms with Crippen LogP contribution in [-0.2, 0) is 16.1 Å². The average Bonchev–Trinajstić information content (AvgIpc) is 2.19. The van der Waals surface area contributed by atoms with Gasteiger partial charge < -0.3 is 4.74 Å². The van der Waals surface area contributed by atoms with Crippen molar-refractivity contribution in [3.63, 3.8) is 0 Å². The summed E-state index contributed by atoms with van der Waals surface area (Å²) in [6, 6.07) is 9.82. The maximum Gasteiger partial charge on any atom is 0.226 e. The number of hydrogen-bond donors (Lipinski definition) is 0. The summed E-state index contributed by atoms with van der Waals surface area (Å²) in [4.78, 5) is 10.7. The van der Waals surface area contributed by atoms with Gasteiger partial charge in [-0.25, -0.2) is 0 Å². The van der Waals surface area contributed by atoms with Gasteiger partial charge in [0, 0.05) is 0 Å². The Kier molecular flexibility index (Phi) is 4.63. The predicted molar refractivity (Wildman–Crippen MR) is 56.1 cm³/mol. The minimum absolute atomic E-state index is 0.236. The van der Waals surface area contributed by atoms with Crippen molar-refractivity contribution in [1.82, 2.24) is 0 Å². The lowest BCUT2D eigenvalue weighted by Crippen LogP contribution is -2.11. The Labute approximate surface area is 88.8 Å². The van der Waals surface area contributed by atoms with Crippen LogP contribution in [0.3, 0.4) is 0 Å². The van der Waals surface area contributed by atoms with Crippen molar-refractivity contribution in [3.8, 4) is 0 Å². The summed E-state index contributed by atoms with van der Waals surface area (Å²) >= 11 is 5.29. The highest BCUT2D eigenvalue weighted by molar-refractivity contribution is 6.63. The lowest BCUT2D eigenvalue weighted by molar-refractivity contribution is -0.116. The van der Waals surface area contributed by atoms with E-state index in [0.29, 0.717) is 13.2 Å². The molecule has 1 aromatic carbocycles. The first-order valence-electron chi connectivity index (χ1n) is 4.51. The van der Waals surface area contributed by atoms with Gasteiger partial charge in [0.05, 0.1) is 19.1 Å². The predicted octanol–water partition coefficient (Wildman–Crippen LogP) is 2.60. The molecule has 0 radical (unpaired) electrons. The molecule has 0 aliphatic rings. The van der Waals surface area contributed by atoms with Gasteiger partial charge >= 0.3 is 0 Å². The van der Waals surface area contributed by atoms with Crippen LogP contribution in [0.2, 0.25) is 0 Å². The quantitative estimate of drug-likeness (QED) is 0.702. The second-order valence-electron chi connectivity index (χ2n) is 3.21. The second kappa shape index (κ2) is 5.78. The second-order valence-corrected chi connectivity index (χ2v) is 3.58. The van der Waals surface area contributed by atoms with E-state index in [1.165, 1.54) is 0 Å². The normalized spacial score (nSPS) is 12.4. The SMILES string of the molecule is C[C@H](COCc1ccccc1)C(=O)Cl. The third kappa shape index (κ3) is 3.90. The molecule has 76 valence electrons. The monoisotopic (exact) mass is 212 g/mol. The molecular weight excluding hydrogens is 200 g/mol. The Hall–Kier alpha value is -0.860. The molecule has 0 fully saturated rings. The lowest BCUT2D eigenvalue weighted by Gasteiger charge is -2.07. The van der Waals surface area contributed by atoms with Crippen molar-refractivity contribution in [2.75, 3.05) is 6.61 Å². The first-order valence-corrected chi connectivity index (χ1v) is 4.89. The summed E-state index contributed by atoms with van der Waals surface area (Å²) in [6.07, 6.45) is 0. The molecule has 0 aromatic heterocycles. The van der Waals surface area contributed by atoms with Crippen molar-refractivity contribution in [2.24, 2.45) is 5.92 Å². The molecule has 1 rings (SSSR count). The van der Waals surface area contributed by atoms with E-state index < -0.39 is 0 Å². The van der Waals surface area contributed by atoms with E-state index in [-0.39, 0.29) is 11.2 Å². The Bertz CT molecular complexity index is 285. The molecule has 1 aromatic rings. The van der Waals surface area contributed by atoms with Gasteiger partial charge in [-0.2, -0.15) is 0 Å². The Morgan fingerprint density at radius 1 is 1.43 bits per heavy atom. The van der Waals surface area contributed by atoms with Crippen molar-refractivity contribution < 1.29 is 9.53 Å². The van der Waals surface area contributed by atoms with Crippen molar-refractivity contribution in [2.45, 2.75) is 13.5 Å². The van der Waals surface area contributed by atoms with E-state index in [2.05, 4.69) is 0 Å². The molecule has 0 spiro atoms. The highest BCUT2D eigenvalue weighted by atomic mass is 35.5. The number of ether oxygens (including phenoxy) is 1. The van der Waals surface area contributed by atoms with Crippen LogP contribution in [0.15, 0.2) is 30.3 Å². The van der Waals surface area contributed by atoms with E-state index >= 15 is 0 Å². The van der Waals surface area contributed by atoms with E-state index in [0.717, 1.165) is 5.56 Å². The zero-order valence-electron chi connectivity index (χ0n) is 8.07.